The minimum atomic E-state index is 0.116. The van der Waals surface area contributed by atoms with Crippen molar-refractivity contribution in [3.8, 4) is 0 Å². The number of allylic oxidation sites excluding steroid dienone is 2. The molecule has 5 rings (SSSR count). The highest BCUT2D eigenvalue weighted by Gasteiger charge is 2.68. The number of carbonyl (C=O) groups excluding carboxylic acids is 1. The predicted molar refractivity (Wildman–Crippen MR) is 203 cm³/mol. The number of hydrogen-bond acceptors (Lipinski definition) is 1. The van der Waals surface area contributed by atoms with Crippen LogP contribution in [0.4, 0.5) is 0 Å². The highest BCUT2D eigenvalue weighted by Crippen LogP contribution is 2.76. The molecule has 270 valence electrons. The van der Waals surface area contributed by atoms with Crippen LogP contribution < -0.4 is 0 Å². The van der Waals surface area contributed by atoms with E-state index < -0.39 is 0 Å². The summed E-state index contributed by atoms with van der Waals surface area (Å²) in [6.45, 7) is 23.3. The number of carbonyl (C=O) groups is 1. The van der Waals surface area contributed by atoms with Crippen molar-refractivity contribution < 1.29 is 4.79 Å². The number of unbranched alkanes of at least 4 members (excludes halogenated alkanes) is 12. The molecule has 0 amide bonds. The third-order valence-corrected chi connectivity index (χ3v) is 17.3. The Hall–Kier alpha value is -0.590. The topological polar surface area (TPSA) is 17.1 Å². The van der Waals surface area contributed by atoms with Gasteiger partial charge in [0.25, 0.3) is 0 Å². The van der Waals surface area contributed by atoms with Crippen LogP contribution in [0.1, 0.15) is 210 Å². The van der Waals surface area contributed by atoms with Gasteiger partial charge in [-0.05, 0) is 121 Å². The second kappa shape index (κ2) is 14.9. The first-order chi connectivity index (χ1) is 22.3. The number of ketones is 1. The Bertz CT molecular complexity index is 1080. The van der Waals surface area contributed by atoms with Gasteiger partial charge in [-0.15, -0.1) is 0 Å². The molecule has 0 saturated heterocycles. The second-order valence-electron chi connectivity index (χ2n) is 20.2. The third-order valence-electron chi connectivity index (χ3n) is 17.3. The van der Waals surface area contributed by atoms with Crippen LogP contribution in [0.3, 0.4) is 0 Å². The van der Waals surface area contributed by atoms with Gasteiger partial charge < -0.3 is 0 Å². The standard InChI is InChI=1S/C46H80O/c1-10-11-12-13-14-15-16-17-18-19-20-21-22-23-38(47)36-27-30-44(7)39(42(36,4)5)28-31-46(9)40(44)25-24-37-41-35(3)34(2)26-29-43(41,6)32-33-45(37,46)8/h24,34-36,39-41H,10-23,25-33H2,1-9H3. The van der Waals surface area contributed by atoms with Gasteiger partial charge in [0.1, 0.15) is 5.78 Å². The third kappa shape index (κ3) is 6.89. The Balaban J connectivity index is 1.15. The van der Waals surface area contributed by atoms with Crippen LogP contribution in [0, 0.1) is 62.6 Å². The highest BCUT2D eigenvalue weighted by atomic mass is 16.1. The van der Waals surface area contributed by atoms with E-state index in [9.17, 15) is 4.79 Å². The Labute approximate surface area is 294 Å². The van der Waals surface area contributed by atoms with Gasteiger partial charge in [0.15, 0.2) is 0 Å². The fourth-order valence-electron chi connectivity index (χ4n) is 13.9. The summed E-state index contributed by atoms with van der Waals surface area (Å²) in [4.78, 5) is 13.9. The zero-order valence-corrected chi connectivity index (χ0v) is 33.2. The molecule has 1 nitrogen and oxygen atoms in total. The lowest BCUT2D eigenvalue weighted by Crippen LogP contribution is -2.64. The van der Waals surface area contributed by atoms with Crippen LogP contribution in [0.5, 0.6) is 0 Å². The average Bonchev–Trinajstić information content (AvgIpc) is 3.02. The van der Waals surface area contributed by atoms with Crippen molar-refractivity contribution in [2.75, 3.05) is 0 Å². The molecule has 5 aliphatic rings. The van der Waals surface area contributed by atoms with E-state index in [-0.39, 0.29) is 11.3 Å². The number of rotatable bonds is 15. The molecule has 10 unspecified atom stereocenters. The summed E-state index contributed by atoms with van der Waals surface area (Å²) in [6, 6.07) is 0. The number of fused-ring (bicyclic) bond motifs is 7. The smallest absolute Gasteiger partial charge is 0.136 e. The summed E-state index contributed by atoms with van der Waals surface area (Å²) >= 11 is 0. The first-order valence-electron chi connectivity index (χ1n) is 21.5. The minimum Gasteiger partial charge on any atom is -0.299 e. The summed E-state index contributed by atoms with van der Waals surface area (Å²) in [5.41, 5.74) is 3.59. The second-order valence-corrected chi connectivity index (χ2v) is 20.2. The normalized spacial score (nSPS) is 42.4. The van der Waals surface area contributed by atoms with E-state index in [1.54, 1.807) is 0 Å². The molecular weight excluding hydrogens is 569 g/mol. The molecule has 0 aromatic carbocycles. The Morgan fingerprint density at radius 1 is 0.681 bits per heavy atom. The molecule has 0 aliphatic heterocycles. The van der Waals surface area contributed by atoms with Crippen LogP contribution in [0.15, 0.2) is 11.6 Å². The van der Waals surface area contributed by atoms with Gasteiger partial charge in [0.05, 0.1) is 0 Å². The van der Waals surface area contributed by atoms with Crippen LogP contribution in [-0.2, 0) is 4.79 Å². The molecule has 4 fully saturated rings. The van der Waals surface area contributed by atoms with E-state index in [1.165, 1.54) is 128 Å². The predicted octanol–water partition coefficient (Wildman–Crippen LogP) is 14.3. The molecule has 0 radical (unpaired) electrons. The van der Waals surface area contributed by atoms with Gasteiger partial charge in [-0.3, -0.25) is 4.79 Å². The summed E-state index contributed by atoms with van der Waals surface area (Å²) in [6.07, 6.45) is 33.5. The van der Waals surface area contributed by atoms with E-state index >= 15 is 0 Å². The molecule has 0 bridgehead atoms. The molecule has 0 aromatic rings. The van der Waals surface area contributed by atoms with Crippen LogP contribution in [0.2, 0.25) is 0 Å². The van der Waals surface area contributed by atoms with E-state index in [1.807, 2.05) is 5.57 Å². The lowest BCUT2D eigenvalue weighted by atomic mass is 9.33. The molecule has 47 heavy (non-hydrogen) atoms. The van der Waals surface area contributed by atoms with E-state index in [0.29, 0.717) is 33.4 Å². The molecule has 0 N–H and O–H groups in total. The SMILES string of the molecule is CCCCCCCCCCCCCCCC(=O)C1CCC2(C)C(CCC3(C)C2CC=C2C4C(C)C(C)CCC4(C)CCC23C)C1(C)C. The minimum absolute atomic E-state index is 0.116. The van der Waals surface area contributed by atoms with Crippen molar-refractivity contribution in [3.05, 3.63) is 11.6 Å². The molecule has 0 heterocycles. The van der Waals surface area contributed by atoms with Gasteiger partial charge in [0, 0.05) is 12.3 Å². The van der Waals surface area contributed by atoms with Crippen molar-refractivity contribution in [1.29, 1.82) is 0 Å². The summed E-state index contributed by atoms with van der Waals surface area (Å²) in [7, 11) is 0. The van der Waals surface area contributed by atoms with Crippen molar-refractivity contribution in [3.63, 3.8) is 0 Å². The zero-order valence-electron chi connectivity index (χ0n) is 33.2. The zero-order chi connectivity index (χ0) is 34.1. The van der Waals surface area contributed by atoms with Crippen molar-refractivity contribution in [1.82, 2.24) is 0 Å². The van der Waals surface area contributed by atoms with Crippen molar-refractivity contribution in [2.45, 2.75) is 210 Å². The first kappa shape index (κ1) is 37.7. The fourth-order valence-corrected chi connectivity index (χ4v) is 13.9. The van der Waals surface area contributed by atoms with Crippen LogP contribution >= 0.6 is 0 Å². The molecular formula is C46H80O. The summed E-state index contributed by atoms with van der Waals surface area (Å²) in [5, 5.41) is 0. The Morgan fingerprint density at radius 3 is 1.89 bits per heavy atom. The van der Waals surface area contributed by atoms with E-state index in [2.05, 4.69) is 68.4 Å². The quantitative estimate of drug-likeness (QED) is 0.128. The molecule has 0 aromatic heterocycles. The summed E-state index contributed by atoms with van der Waals surface area (Å²) in [5.74, 6) is 4.74. The maximum atomic E-state index is 13.9. The maximum absolute atomic E-state index is 13.9. The summed E-state index contributed by atoms with van der Waals surface area (Å²) < 4.78 is 0. The van der Waals surface area contributed by atoms with E-state index in [4.69, 9.17) is 0 Å². The van der Waals surface area contributed by atoms with E-state index in [0.717, 1.165) is 42.9 Å². The largest absolute Gasteiger partial charge is 0.299 e. The number of Topliss-reactive ketones (excluding diaryl/α,β-unsaturated/α-hetero) is 1. The fraction of sp³-hybridized carbons (Fsp3) is 0.935. The van der Waals surface area contributed by atoms with Crippen LogP contribution in [0.25, 0.3) is 0 Å². The number of hydrogen-bond donors (Lipinski definition) is 0. The van der Waals surface area contributed by atoms with Gasteiger partial charge in [0.2, 0.25) is 0 Å². The Morgan fingerprint density at radius 2 is 1.28 bits per heavy atom. The van der Waals surface area contributed by atoms with Gasteiger partial charge in [-0.25, -0.2) is 0 Å². The monoisotopic (exact) mass is 649 g/mol. The highest BCUT2D eigenvalue weighted by molar-refractivity contribution is 5.82. The van der Waals surface area contributed by atoms with Crippen molar-refractivity contribution >= 4 is 5.78 Å². The van der Waals surface area contributed by atoms with Crippen molar-refractivity contribution in [2.24, 2.45) is 62.6 Å². The lowest BCUT2D eigenvalue weighted by Gasteiger charge is -2.71. The molecule has 5 aliphatic carbocycles. The van der Waals surface area contributed by atoms with Gasteiger partial charge >= 0.3 is 0 Å². The maximum Gasteiger partial charge on any atom is 0.136 e. The van der Waals surface area contributed by atoms with Gasteiger partial charge in [-0.1, -0.05) is 151 Å². The molecule has 1 heteroatoms. The molecule has 4 saturated carbocycles. The average molecular weight is 649 g/mol. The molecule has 10 atom stereocenters. The Kier molecular flexibility index (Phi) is 12.0. The first-order valence-corrected chi connectivity index (χ1v) is 21.5. The molecule has 0 spiro atoms. The van der Waals surface area contributed by atoms with Crippen LogP contribution in [-0.4, -0.2) is 5.78 Å². The van der Waals surface area contributed by atoms with Gasteiger partial charge in [-0.2, -0.15) is 0 Å². The lowest BCUT2D eigenvalue weighted by molar-refractivity contribution is -0.193.